The first-order valence-electron chi connectivity index (χ1n) is 14.2. The summed E-state index contributed by atoms with van der Waals surface area (Å²) in [6.07, 6.45) is -3.45. The van der Waals surface area contributed by atoms with Gasteiger partial charge in [-0.3, -0.25) is 0 Å². The van der Waals surface area contributed by atoms with Crippen LogP contribution in [0.4, 0.5) is 10.2 Å². The summed E-state index contributed by atoms with van der Waals surface area (Å²) >= 11 is 1.37. The zero-order chi connectivity index (χ0) is 29.9. The van der Waals surface area contributed by atoms with Gasteiger partial charge in [-0.1, -0.05) is 36.0 Å². The van der Waals surface area contributed by atoms with Crippen molar-refractivity contribution >= 4 is 28.7 Å². The maximum atomic E-state index is 14.2. The number of hydrogen-bond acceptors (Lipinski definition) is 10. The number of benzene rings is 1. The number of aromatic nitrogens is 5. The van der Waals surface area contributed by atoms with E-state index in [1.54, 1.807) is 19.1 Å². The molecule has 2 aliphatic carbocycles. The Balaban J connectivity index is 1.45. The highest BCUT2D eigenvalue weighted by Gasteiger charge is 2.45. The van der Waals surface area contributed by atoms with Crippen LogP contribution in [0.1, 0.15) is 56.1 Å². The largest absolute Gasteiger partial charge is 0.394 e. The molecule has 10 nitrogen and oxygen atoms in total. The summed E-state index contributed by atoms with van der Waals surface area (Å²) in [5, 5.41) is 42.7. The minimum Gasteiger partial charge on any atom is -0.394 e. The van der Waals surface area contributed by atoms with E-state index in [1.807, 2.05) is 6.92 Å². The smallest absolute Gasteiger partial charge is 0.191 e. The highest BCUT2D eigenvalue weighted by atomic mass is 32.2. The number of rotatable bonds is 10. The van der Waals surface area contributed by atoms with E-state index in [1.165, 1.54) is 22.5 Å². The van der Waals surface area contributed by atoms with Crippen molar-refractivity contribution in [1.82, 2.24) is 25.0 Å². The van der Waals surface area contributed by atoms with E-state index >= 15 is 0 Å². The molecule has 2 aromatic heterocycles. The number of anilines is 1. The number of fused-ring (bicyclic) bond motifs is 1. The summed E-state index contributed by atoms with van der Waals surface area (Å²) in [4.78, 5) is 9.12. The zero-order valence-electron chi connectivity index (χ0n) is 24.7. The number of thioether (sulfide) groups is 1. The lowest BCUT2D eigenvalue weighted by Crippen LogP contribution is -2.33. The topological polar surface area (TPSA) is 138 Å². The Morgan fingerprint density at radius 1 is 1.31 bits per heavy atom. The summed E-state index contributed by atoms with van der Waals surface area (Å²) in [5.41, 5.74) is 1.60. The molecule has 194 valence electrons. The standard InChI is InChI=1S/C24H31FN6O4S/c1-3-8-36-24-27-22(26-16-10-14(16)13-5-4-12(2)15(25)9-13)19-23(28-24)31(30-29-19)17-11-18(35-7-6-32)21(34)20(17)33/h4-5,9,14,16-18,20-21,32-34H,3,6-8,10-11H2,1-2H3,(H,26,27,28)/t14-,16+,17+,18-,20-,21+/m0/s1/i6D2,7D2,16D. The van der Waals surface area contributed by atoms with Crippen molar-refractivity contribution in [3.8, 4) is 0 Å². The maximum absolute atomic E-state index is 14.2. The van der Waals surface area contributed by atoms with Gasteiger partial charge in [-0.05, 0) is 37.0 Å². The van der Waals surface area contributed by atoms with Gasteiger partial charge in [-0.15, -0.1) is 5.10 Å². The third-order valence-corrected chi connectivity index (χ3v) is 7.52. The first-order valence-corrected chi connectivity index (χ1v) is 12.7. The van der Waals surface area contributed by atoms with Crippen molar-refractivity contribution in [2.24, 2.45) is 0 Å². The highest BCUT2D eigenvalue weighted by Crippen LogP contribution is 2.44. The zero-order valence-corrected chi connectivity index (χ0v) is 20.5. The average Bonchev–Trinajstić information content (AvgIpc) is 3.24. The normalized spacial score (nSPS) is 32.5. The molecule has 5 rings (SSSR count). The second kappa shape index (κ2) is 10.5. The summed E-state index contributed by atoms with van der Waals surface area (Å²) < 4.78 is 59.4. The molecular weight excluding hydrogens is 487 g/mol. The van der Waals surface area contributed by atoms with Crippen molar-refractivity contribution in [2.45, 2.75) is 74.6 Å². The van der Waals surface area contributed by atoms with E-state index in [4.69, 9.17) is 11.6 Å². The second-order valence-electron chi connectivity index (χ2n) is 8.98. The molecule has 0 amide bonds. The van der Waals surface area contributed by atoms with E-state index < -0.39 is 43.5 Å². The molecule has 4 N–H and O–H groups in total. The van der Waals surface area contributed by atoms with Gasteiger partial charge in [0.05, 0.1) is 32.1 Å². The summed E-state index contributed by atoms with van der Waals surface area (Å²) in [6, 6.07) is 2.74. The fourth-order valence-electron chi connectivity index (χ4n) is 4.40. The van der Waals surface area contributed by atoms with Gasteiger partial charge in [0.1, 0.15) is 18.0 Å². The van der Waals surface area contributed by atoms with E-state index in [2.05, 4.69) is 25.6 Å². The minimum absolute atomic E-state index is 0.190. The van der Waals surface area contributed by atoms with Crippen molar-refractivity contribution < 1.29 is 31.3 Å². The number of halogens is 1. The molecule has 0 unspecified atom stereocenters. The van der Waals surface area contributed by atoms with Crippen LogP contribution >= 0.6 is 11.8 Å². The van der Waals surface area contributed by atoms with Crippen LogP contribution in [0.2, 0.25) is 0 Å². The van der Waals surface area contributed by atoms with Crippen LogP contribution < -0.4 is 5.32 Å². The third kappa shape index (κ3) is 4.92. The highest BCUT2D eigenvalue weighted by molar-refractivity contribution is 7.99. The Hall–Kier alpha value is -2.38. The predicted molar refractivity (Wildman–Crippen MR) is 133 cm³/mol. The maximum Gasteiger partial charge on any atom is 0.191 e. The molecule has 0 spiro atoms. The molecule has 2 saturated carbocycles. The Morgan fingerprint density at radius 3 is 2.89 bits per heavy atom. The van der Waals surface area contributed by atoms with E-state index in [0.29, 0.717) is 28.5 Å². The van der Waals surface area contributed by atoms with Gasteiger partial charge in [0, 0.05) is 24.1 Å². The fourth-order valence-corrected chi connectivity index (χ4v) is 5.10. The number of nitrogens with one attached hydrogen (secondary N) is 1. The van der Waals surface area contributed by atoms with E-state index in [9.17, 15) is 19.7 Å². The number of aryl methyl sites for hydroxylation is 1. The molecule has 2 heterocycles. The minimum atomic E-state index is -3.36. The monoisotopic (exact) mass is 523 g/mol. The van der Waals surface area contributed by atoms with Gasteiger partial charge < -0.3 is 25.4 Å². The quantitative estimate of drug-likeness (QED) is 0.231. The van der Waals surface area contributed by atoms with Gasteiger partial charge in [0.25, 0.3) is 0 Å². The molecule has 3 aromatic rings. The molecule has 0 saturated heterocycles. The van der Waals surface area contributed by atoms with E-state index in [0.717, 1.165) is 6.42 Å². The Morgan fingerprint density at radius 2 is 2.14 bits per heavy atom. The fraction of sp³-hybridized carbons (Fsp3) is 0.583. The number of nitrogens with zero attached hydrogens (tertiary/aromatic N) is 5. The van der Waals surface area contributed by atoms with Crippen LogP contribution in [0.5, 0.6) is 0 Å². The Bertz CT molecular complexity index is 1450. The van der Waals surface area contributed by atoms with Gasteiger partial charge in [-0.2, -0.15) is 0 Å². The van der Waals surface area contributed by atoms with E-state index in [-0.39, 0.29) is 35.1 Å². The molecule has 0 aliphatic heterocycles. The van der Waals surface area contributed by atoms with Crippen molar-refractivity contribution in [1.29, 1.82) is 0 Å². The summed E-state index contributed by atoms with van der Waals surface area (Å²) in [7, 11) is 0. The van der Waals surface area contributed by atoms with Crippen LogP contribution in [-0.2, 0) is 4.74 Å². The number of aliphatic hydroxyl groups excluding tert-OH is 2. The molecule has 12 heteroatoms. The van der Waals surface area contributed by atoms with Crippen LogP contribution in [0.25, 0.3) is 11.2 Å². The molecule has 0 radical (unpaired) electrons. The van der Waals surface area contributed by atoms with Gasteiger partial charge in [0.15, 0.2) is 22.1 Å². The summed E-state index contributed by atoms with van der Waals surface area (Å²) in [5.74, 6) is 0.292. The lowest BCUT2D eigenvalue weighted by atomic mass is 10.1. The Kier molecular flexibility index (Phi) is 5.77. The van der Waals surface area contributed by atoms with Crippen LogP contribution in [-0.4, -0.2) is 83.5 Å². The van der Waals surface area contributed by atoms with Crippen molar-refractivity contribution in [3.05, 3.63) is 35.1 Å². The Labute approximate surface area is 219 Å². The molecule has 2 fully saturated rings. The first kappa shape index (κ1) is 19.7. The lowest BCUT2D eigenvalue weighted by Gasteiger charge is -2.17. The predicted octanol–water partition coefficient (Wildman–Crippen LogP) is 2.18. The first-order chi connectivity index (χ1) is 19.1. The summed E-state index contributed by atoms with van der Waals surface area (Å²) in [6.45, 7) is -2.85. The average molecular weight is 524 g/mol. The SMILES string of the molecule is [2H]C([2H])(O)C([2H])([2H])O[C@H]1C[C@@H](n2nnc3c(N[C@]4([2H])C[C@H]4c4ccc(C)c(F)c4)nc(SCCC)nc32)[C@H](O)[C@@H]1O. The number of hydrogen-bond donors (Lipinski definition) is 4. The van der Waals surface area contributed by atoms with Gasteiger partial charge in [-0.25, -0.2) is 19.0 Å². The molecule has 0 bridgehead atoms. The third-order valence-electron chi connectivity index (χ3n) is 6.47. The lowest BCUT2D eigenvalue weighted by molar-refractivity contribution is -0.0629. The molecule has 1 aromatic carbocycles. The molecular formula is C24H31FN6O4S. The molecule has 2 aliphatic rings. The van der Waals surface area contributed by atoms with Gasteiger partial charge in [0.2, 0.25) is 0 Å². The molecule has 6 atom stereocenters. The number of ether oxygens (including phenoxy) is 1. The molecule has 36 heavy (non-hydrogen) atoms. The van der Waals surface area contributed by atoms with Crippen LogP contribution in [0.15, 0.2) is 23.4 Å². The second-order valence-corrected chi connectivity index (χ2v) is 10.0. The van der Waals surface area contributed by atoms with Crippen molar-refractivity contribution in [3.63, 3.8) is 0 Å². The van der Waals surface area contributed by atoms with Crippen LogP contribution in [0.3, 0.4) is 0 Å². The van der Waals surface area contributed by atoms with Gasteiger partial charge >= 0.3 is 0 Å². The number of aliphatic hydroxyl groups is 3. The van der Waals surface area contributed by atoms with Crippen molar-refractivity contribution in [2.75, 3.05) is 24.2 Å². The van der Waals surface area contributed by atoms with Crippen LogP contribution in [0, 0.1) is 12.7 Å².